The Hall–Kier alpha value is -1.95. The predicted octanol–water partition coefficient (Wildman–Crippen LogP) is 1.26. The summed E-state index contributed by atoms with van der Waals surface area (Å²) in [6.45, 7) is 0.786. The number of likely N-dealkylation sites (tertiary alicyclic amines) is 1. The van der Waals surface area contributed by atoms with Crippen LogP contribution in [0.4, 0.5) is 8.78 Å². The Kier molecular flexibility index (Phi) is 9.09. The number of halogens is 2. The molecular formula is C22H30F2N2O6. The van der Waals surface area contributed by atoms with E-state index < -0.39 is 30.6 Å². The van der Waals surface area contributed by atoms with Crippen molar-refractivity contribution in [1.82, 2.24) is 9.88 Å². The molecule has 32 heavy (non-hydrogen) atoms. The first kappa shape index (κ1) is 24.7. The van der Waals surface area contributed by atoms with Gasteiger partial charge in [0.1, 0.15) is 36.2 Å². The number of oxazole rings is 1. The Morgan fingerprint density at radius 1 is 1.06 bits per heavy atom. The summed E-state index contributed by atoms with van der Waals surface area (Å²) in [4.78, 5) is 6.00. The molecule has 1 aliphatic heterocycles. The van der Waals surface area contributed by atoms with Gasteiger partial charge in [-0.25, -0.2) is 13.8 Å². The molecule has 1 saturated heterocycles. The number of ether oxygens (including phenoxy) is 1. The molecule has 0 saturated carbocycles. The third-order valence-electron chi connectivity index (χ3n) is 5.46. The summed E-state index contributed by atoms with van der Waals surface area (Å²) in [5, 5.41) is 39.2. The number of hydrogen-bond donors (Lipinski definition) is 4. The van der Waals surface area contributed by atoms with Crippen molar-refractivity contribution in [3.8, 4) is 11.5 Å². The first-order valence-electron chi connectivity index (χ1n) is 10.7. The van der Waals surface area contributed by atoms with Gasteiger partial charge in [-0.05, 0) is 50.1 Å². The molecule has 2 heterocycles. The maximum absolute atomic E-state index is 14.1. The number of nitrogens with zero attached hydrogens (tertiary/aromatic N) is 2. The SMILES string of the molecule is O[C@H]1[C@H](O)[C@@H](O)CN(CCCCC(F)COCc2coc(-c3ccc(F)cc3)n2)C[C@@H]1O. The summed E-state index contributed by atoms with van der Waals surface area (Å²) in [6, 6.07) is 5.74. The number of aromatic nitrogens is 1. The minimum atomic E-state index is -1.39. The van der Waals surface area contributed by atoms with E-state index in [0.717, 1.165) is 0 Å². The number of rotatable bonds is 10. The van der Waals surface area contributed by atoms with Crippen molar-refractivity contribution >= 4 is 0 Å². The molecule has 0 aliphatic carbocycles. The number of hydrogen-bond acceptors (Lipinski definition) is 8. The summed E-state index contributed by atoms with van der Waals surface area (Å²) in [5.74, 6) is -0.0127. The third-order valence-corrected chi connectivity index (χ3v) is 5.46. The maximum Gasteiger partial charge on any atom is 0.226 e. The highest BCUT2D eigenvalue weighted by atomic mass is 19.1. The molecule has 1 aromatic heterocycles. The first-order chi connectivity index (χ1) is 15.3. The lowest BCUT2D eigenvalue weighted by atomic mass is 10.1. The van der Waals surface area contributed by atoms with Crippen LogP contribution in [-0.4, -0.2) is 87.1 Å². The van der Waals surface area contributed by atoms with Gasteiger partial charge in [-0.15, -0.1) is 0 Å². The van der Waals surface area contributed by atoms with Gasteiger partial charge in [0, 0.05) is 18.7 Å². The Bertz CT molecular complexity index is 805. The maximum atomic E-state index is 14.1. The molecule has 1 aromatic carbocycles. The normalized spacial score (nSPS) is 25.6. The topological polar surface area (TPSA) is 119 Å². The minimum Gasteiger partial charge on any atom is -0.444 e. The van der Waals surface area contributed by atoms with E-state index in [9.17, 15) is 29.2 Å². The van der Waals surface area contributed by atoms with Gasteiger partial charge in [-0.3, -0.25) is 4.90 Å². The van der Waals surface area contributed by atoms with Crippen LogP contribution in [0, 0.1) is 5.82 Å². The van der Waals surface area contributed by atoms with Crippen LogP contribution in [0.5, 0.6) is 0 Å². The van der Waals surface area contributed by atoms with E-state index in [-0.39, 0.29) is 32.1 Å². The van der Waals surface area contributed by atoms with E-state index in [1.54, 1.807) is 17.0 Å². The molecule has 1 fully saturated rings. The zero-order valence-electron chi connectivity index (χ0n) is 17.7. The van der Waals surface area contributed by atoms with Gasteiger partial charge in [-0.2, -0.15) is 0 Å². The molecule has 178 valence electrons. The van der Waals surface area contributed by atoms with Crippen molar-refractivity contribution in [2.75, 3.05) is 26.2 Å². The highest BCUT2D eigenvalue weighted by Gasteiger charge is 2.35. The van der Waals surface area contributed by atoms with Gasteiger partial charge in [0.2, 0.25) is 5.89 Å². The lowest BCUT2D eigenvalue weighted by Crippen LogP contribution is -2.43. The van der Waals surface area contributed by atoms with Gasteiger partial charge in [-0.1, -0.05) is 0 Å². The van der Waals surface area contributed by atoms with Crippen molar-refractivity contribution in [1.29, 1.82) is 0 Å². The fourth-order valence-corrected chi connectivity index (χ4v) is 3.63. The average Bonchev–Trinajstić information content (AvgIpc) is 3.21. The Morgan fingerprint density at radius 2 is 1.72 bits per heavy atom. The lowest BCUT2D eigenvalue weighted by molar-refractivity contribution is -0.0894. The Balaban J connectivity index is 1.31. The van der Waals surface area contributed by atoms with Crippen LogP contribution in [0.25, 0.3) is 11.5 Å². The lowest BCUT2D eigenvalue weighted by Gasteiger charge is -2.23. The second kappa shape index (κ2) is 11.8. The number of aliphatic hydroxyl groups excluding tert-OH is 4. The van der Waals surface area contributed by atoms with E-state index in [4.69, 9.17) is 9.15 Å². The number of unbranched alkanes of at least 4 members (excludes halogenated alkanes) is 1. The Labute approximate surface area is 185 Å². The zero-order valence-corrected chi connectivity index (χ0v) is 17.7. The molecule has 0 amide bonds. The third kappa shape index (κ3) is 7.03. The van der Waals surface area contributed by atoms with Crippen LogP contribution >= 0.6 is 0 Å². The van der Waals surface area contributed by atoms with Crippen molar-refractivity contribution < 1.29 is 38.4 Å². The van der Waals surface area contributed by atoms with E-state index in [1.165, 1.54) is 18.4 Å². The largest absolute Gasteiger partial charge is 0.444 e. The highest BCUT2D eigenvalue weighted by Crippen LogP contribution is 2.19. The van der Waals surface area contributed by atoms with Crippen LogP contribution in [-0.2, 0) is 11.3 Å². The number of β-amino-alcohol motifs (C(OH)–C–C–N with tert-alkyl or cyclic N) is 2. The smallest absolute Gasteiger partial charge is 0.226 e. The minimum absolute atomic E-state index is 0.0851. The quantitative estimate of drug-likeness (QED) is 0.395. The Morgan fingerprint density at radius 3 is 2.38 bits per heavy atom. The van der Waals surface area contributed by atoms with Gasteiger partial charge in [0.05, 0.1) is 25.4 Å². The predicted molar refractivity (Wildman–Crippen MR) is 111 cm³/mol. The van der Waals surface area contributed by atoms with Crippen LogP contribution in [0.15, 0.2) is 34.9 Å². The van der Waals surface area contributed by atoms with E-state index in [2.05, 4.69) is 4.98 Å². The average molecular weight is 456 g/mol. The molecule has 1 aliphatic rings. The fourth-order valence-electron chi connectivity index (χ4n) is 3.63. The van der Waals surface area contributed by atoms with Crippen LogP contribution in [0.2, 0.25) is 0 Å². The van der Waals surface area contributed by atoms with Crippen LogP contribution < -0.4 is 0 Å². The second-order valence-electron chi connectivity index (χ2n) is 8.13. The van der Waals surface area contributed by atoms with E-state index in [1.807, 2.05) is 0 Å². The van der Waals surface area contributed by atoms with E-state index in [0.29, 0.717) is 43.0 Å². The molecule has 0 radical (unpaired) electrons. The van der Waals surface area contributed by atoms with Gasteiger partial charge in [0.25, 0.3) is 0 Å². The molecule has 8 nitrogen and oxygen atoms in total. The summed E-state index contributed by atoms with van der Waals surface area (Å²) in [6.07, 6.45) is -3.30. The highest BCUT2D eigenvalue weighted by molar-refractivity contribution is 5.52. The number of alkyl halides is 1. The fraction of sp³-hybridized carbons (Fsp3) is 0.591. The zero-order chi connectivity index (χ0) is 23.1. The van der Waals surface area contributed by atoms with Crippen molar-refractivity contribution in [2.45, 2.75) is 56.5 Å². The molecule has 10 heteroatoms. The van der Waals surface area contributed by atoms with Crippen molar-refractivity contribution in [2.24, 2.45) is 0 Å². The molecule has 2 aromatic rings. The van der Waals surface area contributed by atoms with Crippen LogP contribution in [0.3, 0.4) is 0 Å². The molecule has 4 N–H and O–H groups in total. The first-order valence-corrected chi connectivity index (χ1v) is 10.7. The number of aliphatic hydroxyl groups is 4. The molecule has 0 spiro atoms. The van der Waals surface area contributed by atoms with Crippen LogP contribution in [0.1, 0.15) is 25.0 Å². The molecule has 3 rings (SSSR count). The molecule has 0 bridgehead atoms. The summed E-state index contributed by atoms with van der Waals surface area (Å²) < 4.78 is 37.8. The number of benzene rings is 1. The van der Waals surface area contributed by atoms with Crippen molar-refractivity contribution in [3.63, 3.8) is 0 Å². The van der Waals surface area contributed by atoms with Gasteiger partial charge >= 0.3 is 0 Å². The van der Waals surface area contributed by atoms with E-state index >= 15 is 0 Å². The summed E-state index contributed by atoms with van der Waals surface area (Å²) >= 11 is 0. The standard InChI is InChI=1S/C22H30F2N2O6/c23-15-6-4-14(5-7-15)22-25-17(13-32-22)12-31-11-16(24)3-1-2-8-26-9-18(27)20(29)21(30)19(28)10-26/h4-7,13,16,18-21,27-30H,1-3,8-12H2/t16?,18-,19-,20+,21+/m0/s1. The molecule has 5 atom stereocenters. The van der Waals surface area contributed by atoms with Gasteiger partial charge in [0.15, 0.2) is 0 Å². The summed E-state index contributed by atoms with van der Waals surface area (Å²) in [7, 11) is 0. The monoisotopic (exact) mass is 456 g/mol. The second-order valence-corrected chi connectivity index (χ2v) is 8.13. The summed E-state index contributed by atoms with van der Waals surface area (Å²) in [5.41, 5.74) is 1.15. The molecule has 1 unspecified atom stereocenters. The van der Waals surface area contributed by atoms with Crippen molar-refractivity contribution in [3.05, 3.63) is 42.0 Å². The van der Waals surface area contributed by atoms with Gasteiger partial charge < -0.3 is 29.6 Å². The molecular weight excluding hydrogens is 426 g/mol.